The fourth-order valence-corrected chi connectivity index (χ4v) is 9.15. The van der Waals surface area contributed by atoms with Crippen LogP contribution < -0.4 is 0 Å². The Bertz CT molecular complexity index is 973. The quantitative estimate of drug-likeness (QED) is 0.0345. The van der Waals surface area contributed by atoms with E-state index in [1.165, 1.54) is 302 Å². The molecule has 0 spiro atoms. The first-order valence-corrected chi connectivity index (χ1v) is 29.6. The van der Waals surface area contributed by atoms with Gasteiger partial charge in [0.15, 0.2) is 0 Å². The summed E-state index contributed by atoms with van der Waals surface area (Å²) in [6, 6.07) is 0. The highest BCUT2D eigenvalue weighted by molar-refractivity contribution is 5.69. The van der Waals surface area contributed by atoms with Crippen molar-refractivity contribution in [2.45, 2.75) is 335 Å². The van der Waals surface area contributed by atoms with Gasteiger partial charge >= 0.3 is 5.97 Å². The molecule has 0 N–H and O–H groups in total. The maximum Gasteiger partial charge on any atom is 0.305 e. The number of carbonyl (C=O) groups excluding carboxylic acids is 1. The highest BCUT2D eigenvalue weighted by atomic mass is 16.5. The third kappa shape index (κ3) is 58.4. The van der Waals surface area contributed by atoms with Crippen molar-refractivity contribution in [1.82, 2.24) is 0 Å². The van der Waals surface area contributed by atoms with Gasteiger partial charge in [0.1, 0.15) is 0 Å². The number of ether oxygens (including phenoxy) is 1. The molecule has 0 saturated heterocycles. The average Bonchev–Trinajstić information content (AvgIpc) is 3.30. The van der Waals surface area contributed by atoms with E-state index in [1.807, 2.05) is 0 Å². The minimum atomic E-state index is 0.0298. The van der Waals surface area contributed by atoms with Crippen LogP contribution in [-0.2, 0) is 9.53 Å². The van der Waals surface area contributed by atoms with Crippen molar-refractivity contribution in [3.05, 3.63) is 48.6 Å². The van der Waals surface area contributed by atoms with E-state index >= 15 is 0 Å². The second kappa shape index (κ2) is 59.4. The Morgan fingerprint density at radius 3 is 0.766 bits per heavy atom. The molecule has 0 unspecified atom stereocenters. The van der Waals surface area contributed by atoms with E-state index in [9.17, 15) is 4.79 Å². The zero-order chi connectivity index (χ0) is 46.0. The molecular formula is C62H116O2. The molecule has 0 aliphatic rings. The first-order chi connectivity index (χ1) is 31.8. The summed E-state index contributed by atoms with van der Waals surface area (Å²) in [7, 11) is 0. The van der Waals surface area contributed by atoms with Crippen LogP contribution in [0.5, 0.6) is 0 Å². The second-order valence-electron chi connectivity index (χ2n) is 20.1. The monoisotopic (exact) mass is 893 g/mol. The van der Waals surface area contributed by atoms with Crippen molar-refractivity contribution in [3.8, 4) is 0 Å². The van der Waals surface area contributed by atoms with Gasteiger partial charge < -0.3 is 4.74 Å². The Labute approximate surface area is 404 Å². The molecule has 0 atom stereocenters. The normalized spacial score (nSPS) is 12.1. The highest BCUT2D eigenvalue weighted by Gasteiger charge is 2.03. The summed E-state index contributed by atoms with van der Waals surface area (Å²) in [5.74, 6) is 0.0298. The summed E-state index contributed by atoms with van der Waals surface area (Å²) >= 11 is 0. The van der Waals surface area contributed by atoms with Gasteiger partial charge in [-0.15, -0.1) is 0 Å². The van der Waals surface area contributed by atoms with Crippen molar-refractivity contribution in [3.63, 3.8) is 0 Å². The third-order valence-corrected chi connectivity index (χ3v) is 13.6. The van der Waals surface area contributed by atoms with E-state index in [0.29, 0.717) is 13.0 Å². The Kier molecular flexibility index (Phi) is 58.0. The molecule has 0 aromatic heterocycles. The molecule has 0 aromatic carbocycles. The van der Waals surface area contributed by atoms with Gasteiger partial charge in [-0.2, -0.15) is 0 Å². The largest absolute Gasteiger partial charge is 0.466 e. The van der Waals surface area contributed by atoms with Crippen LogP contribution in [0.1, 0.15) is 335 Å². The maximum absolute atomic E-state index is 12.1. The van der Waals surface area contributed by atoms with E-state index in [1.54, 1.807) is 0 Å². The van der Waals surface area contributed by atoms with Crippen LogP contribution in [-0.4, -0.2) is 12.6 Å². The molecule has 0 rings (SSSR count). The lowest BCUT2D eigenvalue weighted by atomic mass is 10.0. The van der Waals surface area contributed by atoms with Gasteiger partial charge in [-0.1, -0.05) is 339 Å². The van der Waals surface area contributed by atoms with E-state index in [4.69, 9.17) is 4.74 Å². The Hall–Kier alpha value is -1.57. The lowest BCUT2D eigenvalue weighted by molar-refractivity contribution is -0.143. The lowest BCUT2D eigenvalue weighted by Gasteiger charge is -2.06. The highest BCUT2D eigenvalue weighted by Crippen LogP contribution is 2.17. The minimum Gasteiger partial charge on any atom is -0.466 e. The zero-order valence-electron chi connectivity index (χ0n) is 44.0. The van der Waals surface area contributed by atoms with Crippen LogP contribution in [0, 0.1) is 0 Å². The molecular weight excluding hydrogens is 777 g/mol. The summed E-state index contributed by atoms with van der Waals surface area (Å²) in [5, 5.41) is 0. The van der Waals surface area contributed by atoms with Gasteiger partial charge in [0.25, 0.3) is 0 Å². The van der Waals surface area contributed by atoms with Crippen molar-refractivity contribution >= 4 is 5.97 Å². The van der Waals surface area contributed by atoms with E-state index < -0.39 is 0 Å². The summed E-state index contributed by atoms with van der Waals surface area (Å²) in [6.07, 6.45) is 85.8. The van der Waals surface area contributed by atoms with E-state index in [-0.39, 0.29) is 5.97 Å². The van der Waals surface area contributed by atoms with Crippen LogP contribution in [0.25, 0.3) is 0 Å². The molecule has 0 saturated carbocycles. The molecule has 2 heteroatoms. The van der Waals surface area contributed by atoms with Crippen LogP contribution in [0.15, 0.2) is 48.6 Å². The van der Waals surface area contributed by atoms with E-state index in [2.05, 4.69) is 62.5 Å². The van der Waals surface area contributed by atoms with Crippen LogP contribution >= 0.6 is 0 Å². The Balaban J connectivity index is 3.24. The summed E-state index contributed by atoms with van der Waals surface area (Å²) in [5.41, 5.74) is 0. The Morgan fingerprint density at radius 1 is 0.266 bits per heavy atom. The molecule has 2 nitrogen and oxygen atoms in total. The molecule has 0 amide bonds. The molecule has 0 aliphatic heterocycles. The van der Waals surface area contributed by atoms with Crippen molar-refractivity contribution < 1.29 is 9.53 Å². The summed E-state index contributed by atoms with van der Waals surface area (Å²) in [4.78, 5) is 12.1. The maximum atomic E-state index is 12.1. The Morgan fingerprint density at radius 2 is 0.484 bits per heavy atom. The van der Waals surface area contributed by atoms with Crippen LogP contribution in [0.2, 0.25) is 0 Å². The van der Waals surface area contributed by atoms with Gasteiger partial charge in [0.2, 0.25) is 0 Å². The molecule has 376 valence electrons. The molecule has 64 heavy (non-hydrogen) atoms. The summed E-state index contributed by atoms with van der Waals surface area (Å²) < 4.78 is 5.51. The smallest absolute Gasteiger partial charge is 0.305 e. The zero-order valence-corrected chi connectivity index (χ0v) is 44.0. The minimum absolute atomic E-state index is 0.0298. The van der Waals surface area contributed by atoms with Gasteiger partial charge in [-0.3, -0.25) is 4.79 Å². The van der Waals surface area contributed by atoms with Crippen molar-refractivity contribution in [2.24, 2.45) is 0 Å². The fourth-order valence-electron chi connectivity index (χ4n) is 9.15. The van der Waals surface area contributed by atoms with Gasteiger partial charge in [-0.25, -0.2) is 0 Å². The molecule has 0 aliphatic carbocycles. The van der Waals surface area contributed by atoms with Gasteiger partial charge in [-0.05, 0) is 38.5 Å². The van der Waals surface area contributed by atoms with E-state index in [0.717, 1.165) is 12.8 Å². The molecule has 0 fully saturated rings. The predicted molar refractivity (Wildman–Crippen MR) is 290 cm³/mol. The number of allylic oxidation sites excluding steroid dienone is 8. The predicted octanol–water partition coefficient (Wildman–Crippen LogP) is 22.3. The van der Waals surface area contributed by atoms with Gasteiger partial charge in [0.05, 0.1) is 6.61 Å². The fraction of sp³-hybridized carbons (Fsp3) is 0.855. The first kappa shape index (κ1) is 62.4. The molecule has 0 aromatic rings. The number of esters is 1. The molecule has 0 radical (unpaired) electrons. The topological polar surface area (TPSA) is 26.3 Å². The van der Waals surface area contributed by atoms with Crippen LogP contribution in [0.3, 0.4) is 0 Å². The SMILES string of the molecule is CCCCCCCCCCCCC=CC=CC=CC=CCCCCCCCCCCCCCCCCCCCCOC(=O)CCCCCCCCCCCCCCCCCCCCC. The second-order valence-corrected chi connectivity index (χ2v) is 20.1. The number of carbonyl (C=O) groups is 1. The number of unbranched alkanes of at least 4 members (excludes halogenated alkanes) is 46. The number of hydrogen-bond donors (Lipinski definition) is 0. The van der Waals surface area contributed by atoms with Crippen molar-refractivity contribution in [1.29, 1.82) is 0 Å². The standard InChI is InChI=1S/C62H116O2/c1-3-5-7-9-11-13-15-17-19-21-23-24-25-26-27-28-29-30-31-32-33-34-35-36-37-38-39-40-41-43-45-47-49-51-53-55-57-59-61-64-62(63)60-58-56-54-52-50-48-46-44-42-22-20-18-16-14-12-10-8-6-4-2/h24-31H,3-23,32-61H2,1-2H3. The van der Waals surface area contributed by atoms with Crippen molar-refractivity contribution in [2.75, 3.05) is 6.61 Å². The first-order valence-electron chi connectivity index (χ1n) is 29.6. The molecule has 0 bridgehead atoms. The lowest BCUT2D eigenvalue weighted by Crippen LogP contribution is -2.05. The van der Waals surface area contributed by atoms with Gasteiger partial charge in [0, 0.05) is 6.42 Å². The number of hydrogen-bond acceptors (Lipinski definition) is 2. The average molecular weight is 894 g/mol. The third-order valence-electron chi connectivity index (χ3n) is 13.6. The molecule has 0 heterocycles. The van der Waals surface area contributed by atoms with Crippen LogP contribution in [0.4, 0.5) is 0 Å². The summed E-state index contributed by atoms with van der Waals surface area (Å²) in [6.45, 7) is 5.22. The number of rotatable bonds is 55.